The summed E-state index contributed by atoms with van der Waals surface area (Å²) in [6.45, 7) is 2.47. The van der Waals surface area contributed by atoms with Crippen LogP contribution in [0.25, 0.3) is 0 Å². The van der Waals surface area contributed by atoms with Gasteiger partial charge in [0.05, 0.1) is 5.92 Å². The molecule has 3 rings (SSSR count). The van der Waals surface area contributed by atoms with Crippen LogP contribution in [0.4, 0.5) is 0 Å². The van der Waals surface area contributed by atoms with Gasteiger partial charge in [0.15, 0.2) is 0 Å². The van der Waals surface area contributed by atoms with Crippen molar-refractivity contribution in [2.45, 2.75) is 51.0 Å². The van der Waals surface area contributed by atoms with Crippen molar-refractivity contribution >= 4 is 11.8 Å². The van der Waals surface area contributed by atoms with Crippen LogP contribution in [0.15, 0.2) is 0 Å². The molecule has 2 amide bonds. The lowest BCUT2D eigenvalue weighted by Crippen LogP contribution is -2.38. The minimum absolute atomic E-state index is 0.0591. The largest absolute Gasteiger partial charge is 0.342 e. The molecule has 0 spiro atoms. The lowest BCUT2D eigenvalue weighted by Gasteiger charge is -2.25. The summed E-state index contributed by atoms with van der Waals surface area (Å²) in [5, 5.41) is 0. The van der Waals surface area contributed by atoms with Crippen molar-refractivity contribution in [2.24, 2.45) is 5.92 Å². The highest BCUT2D eigenvalue weighted by atomic mass is 16.2. The number of likely N-dealkylation sites (tertiary alicyclic amines) is 2. The van der Waals surface area contributed by atoms with E-state index in [9.17, 15) is 9.59 Å². The molecule has 1 aliphatic carbocycles. The summed E-state index contributed by atoms with van der Waals surface area (Å²) in [6.07, 6.45) is 7.44. The van der Waals surface area contributed by atoms with E-state index in [0.717, 1.165) is 38.8 Å². The average Bonchev–Trinajstić information content (AvgIpc) is 3.09. The molecule has 3 fully saturated rings. The SMILES string of the molecule is O=C([C@@H]1CC(=O)N(C2CCCC2)C1)N1CCCC1. The Morgan fingerprint density at radius 3 is 2.39 bits per heavy atom. The fourth-order valence-corrected chi connectivity index (χ4v) is 3.66. The molecule has 2 aliphatic heterocycles. The van der Waals surface area contributed by atoms with Crippen LogP contribution in [0, 0.1) is 5.92 Å². The third-order valence-electron chi connectivity index (χ3n) is 4.69. The molecular weight excluding hydrogens is 228 g/mol. The van der Waals surface area contributed by atoms with E-state index in [4.69, 9.17) is 0 Å². The zero-order valence-electron chi connectivity index (χ0n) is 10.9. The highest BCUT2D eigenvalue weighted by Gasteiger charge is 2.40. The highest BCUT2D eigenvalue weighted by Crippen LogP contribution is 2.30. The van der Waals surface area contributed by atoms with Gasteiger partial charge in [-0.05, 0) is 25.7 Å². The fraction of sp³-hybridized carbons (Fsp3) is 0.857. The lowest BCUT2D eigenvalue weighted by molar-refractivity contribution is -0.134. The molecule has 0 aromatic rings. The average molecular weight is 250 g/mol. The number of nitrogens with zero attached hydrogens (tertiary/aromatic N) is 2. The normalized spacial score (nSPS) is 29.6. The molecule has 0 radical (unpaired) electrons. The second kappa shape index (κ2) is 4.90. The standard InChI is InChI=1S/C14H22N2O2/c17-13-9-11(14(18)15-7-3-4-8-15)10-16(13)12-5-1-2-6-12/h11-12H,1-10H2/t11-/m1/s1. The molecule has 0 bridgehead atoms. The Morgan fingerprint density at radius 1 is 1.06 bits per heavy atom. The van der Waals surface area contributed by atoms with E-state index in [-0.39, 0.29) is 17.7 Å². The van der Waals surface area contributed by atoms with Gasteiger partial charge < -0.3 is 9.80 Å². The molecule has 1 atom stereocenters. The van der Waals surface area contributed by atoms with Gasteiger partial charge in [0.1, 0.15) is 0 Å². The van der Waals surface area contributed by atoms with Crippen LogP contribution in [0.3, 0.4) is 0 Å². The smallest absolute Gasteiger partial charge is 0.227 e. The first-order valence-corrected chi connectivity index (χ1v) is 7.34. The molecule has 0 unspecified atom stereocenters. The van der Waals surface area contributed by atoms with Crippen molar-refractivity contribution in [2.75, 3.05) is 19.6 Å². The van der Waals surface area contributed by atoms with E-state index in [1.807, 2.05) is 9.80 Å². The van der Waals surface area contributed by atoms with Crippen molar-refractivity contribution in [3.05, 3.63) is 0 Å². The Bertz CT molecular complexity index is 344. The third kappa shape index (κ3) is 2.13. The summed E-state index contributed by atoms with van der Waals surface area (Å²) in [7, 11) is 0. The van der Waals surface area contributed by atoms with Gasteiger partial charge in [0, 0.05) is 32.1 Å². The van der Waals surface area contributed by atoms with E-state index < -0.39 is 0 Å². The molecule has 18 heavy (non-hydrogen) atoms. The van der Waals surface area contributed by atoms with Crippen LogP contribution in [0.2, 0.25) is 0 Å². The summed E-state index contributed by atoms with van der Waals surface area (Å²) in [6, 6.07) is 0.425. The Kier molecular flexibility index (Phi) is 3.27. The number of hydrogen-bond donors (Lipinski definition) is 0. The Hall–Kier alpha value is -1.06. The minimum atomic E-state index is -0.0591. The molecule has 0 aromatic carbocycles. The van der Waals surface area contributed by atoms with Gasteiger partial charge in [0.25, 0.3) is 0 Å². The molecule has 4 heteroatoms. The molecule has 100 valence electrons. The lowest BCUT2D eigenvalue weighted by atomic mass is 10.1. The van der Waals surface area contributed by atoms with Gasteiger partial charge in [0.2, 0.25) is 11.8 Å². The fourth-order valence-electron chi connectivity index (χ4n) is 3.66. The van der Waals surface area contributed by atoms with Crippen LogP contribution in [-0.4, -0.2) is 47.3 Å². The van der Waals surface area contributed by atoms with Gasteiger partial charge in [-0.2, -0.15) is 0 Å². The Balaban J connectivity index is 1.62. The first-order valence-electron chi connectivity index (χ1n) is 7.34. The van der Waals surface area contributed by atoms with Gasteiger partial charge in [-0.3, -0.25) is 9.59 Å². The predicted molar refractivity (Wildman–Crippen MR) is 67.9 cm³/mol. The summed E-state index contributed by atoms with van der Waals surface area (Å²) in [4.78, 5) is 28.3. The van der Waals surface area contributed by atoms with Crippen molar-refractivity contribution < 1.29 is 9.59 Å². The minimum Gasteiger partial charge on any atom is -0.342 e. The van der Waals surface area contributed by atoms with Gasteiger partial charge in [-0.25, -0.2) is 0 Å². The van der Waals surface area contributed by atoms with Crippen molar-refractivity contribution in [3.8, 4) is 0 Å². The topological polar surface area (TPSA) is 40.6 Å². The first kappa shape index (κ1) is 12.0. The zero-order valence-corrected chi connectivity index (χ0v) is 10.9. The monoisotopic (exact) mass is 250 g/mol. The number of rotatable bonds is 2. The maximum absolute atomic E-state index is 12.3. The van der Waals surface area contributed by atoms with Gasteiger partial charge in [-0.1, -0.05) is 12.8 Å². The summed E-state index contributed by atoms with van der Waals surface area (Å²) >= 11 is 0. The highest BCUT2D eigenvalue weighted by molar-refractivity contribution is 5.89. The molecule has 4 nitrogen and oxygen atoms in total. The summed E-state index contributed by atoms with van der Waals surface area (Å²) in [5.41, 5.74) is 0. The molecule has 2 heterocycles. The first-order chi connectivity index (χ1) is 8.75. The maximum atomic E-state index is 12.3. The molecule has 0 aromatic heterocycles. The van der Waals surface area contributed by atoms with Crippen molar-refractivity contribution in [1.29, 1.82) is 0 Å². The number of amides is 2. The zero-order chi connectivity index (χ0) is 12.5. The number of hydrogen-bond acceptors (Lipinski definition) is 2. The maximum Gasteiger partial charge on any atom is 0.227 e. The molecule has 1 saturated carbocycles. The van der Waals surface area contributed by atoms with Crippen LogP contribution in [0.5, 0.6) is 0 Å². The summed E-state index contributed by atoms with van der Waals surface area (Å²) < 4.78 is 0. The van der Waals surface area contributed by atoms with Gasteiger partial charge >= 0.3 is 0 Å². The molecule has 2 saturated heterocycles. The van der Waals surface area contributed by atoms with E-state index in [1.165, 1.54) is 12.8 Å². The third-order valence-corrected chi connectivity index (χ3v) is 4.69. The number of carbonyl (C=O) groups is 2. The molecule has 0 N–H and O–H groups in total. The Morgan fingerprint density at radius 2 is 1.72 bits per heavy atom. The van der Waals surface area contributed by atoms with E-state index in [0.29, 0.717) is 19.0 Å². The van der Waals surface area contributed by atoms with E-state index in [2.05, 4.69) is 0 Å². The number of carbonyl (C=O) groups excluding carboxylic acids is 2. The Labute approximate surface area is 108 Å². The van der Waals surface area contributed by atoms with E-state index in [1.54, 1.807) is 0 Å². The van der Waals surface area contributed by atoms with Gasteiger partial charge in [-0.15, -0.1) is 0 Å². The van der Waals surface area contributed by atoms with Crippen LogP contribution >= 0.6 is 0 Å². The summed E-state index contributed by atoms with van der Waals surface area (Å²) in [5.74, 6) is 0.372. The van der Waals surface area contributed by atoms with Crippen LogP contribution in [-0.2, 0) is 9.59 Å². The predicted octanol–water partition coefficient (Wildman–Crippen LogP) is 1.40. The van der Waals surface area contributed by atoms with Crippen molar-refractivity contribution in [1.82, 2.24) is 9.80 Å². The second-order valence-corrected chi connectivity index (χ2v) is 5.92. The molecular formula is C14H22N2O2. The van der Waals surface area contributed by atoms with Crippen LogP contribution < -0.4 is 0 Å². The van der Waals surface area contributed by atoms with E-state index >= 15 is 0 Å². The van der Waals surface area contributed by atoms with Crippen molar-refractivity contribution in [3.63, 3.8) is 0 Å². The van der Waals surface area contributed by atoms with Crippen LogP contribution in [0.1, 0.15) is 44.9 Å². The second-order valence-electron chi connectivity index (χ2n) is 5.92. The molecule has 3 aliphatic rings. The quantitative estimate of drug-likeness (QED) is 0.743.